The number of carboxylic acid groups (broad SMARTS) is 2. The topological polar surface area (TPSA) is 221 Å². The zero-order valence-corrected chi connectivity index (χ0v) is 36.5. The number of carbonyl (C=O) groups excluding carboxylic acids is 5. The van der Waals surface area contributed by atoms with E-state index in [0.29, 0.717) is 57.2 Å². The van der Waals surface area contributed by atoms with Crippen molar-refractivity contribution in [2.45, 2.75) is 148 Å². The highest BCUT2D eigenvalue weighted by Gasteiger charge is 2.22. The second kappa shape index (κ2) is 41.0. The lowest BCUT2D eigenvalue weighted by atomic mass is 9.94. The van der Waals surface area contributed by atoms with Crippen LogP contribution in [0, 0.1) is 5.92 Å². The predicted octanol–water partition coefficient (Wildman–Crippen LogP) is 6.15. The number of halogens is 1. The van der Waals surface area contributed by atoms with Crippen LogP contribution in [0.4, 0.5) is 0 Å². The molecular weight excluding hydrogens is 820 g/mol. The Morgan fingerprint density at radius 2 is 0.931 bits per heavy atom. The number of amides is 2. The summed E-state index contributed by atoms with van der Waals surface area (Å²) in [5.74, 6) is -3.27. The summed E-state index contributed by atoms with van der Waals surface area (Å²) in [4.78, 5) is 81.7. The van der Waals surface area contributed by atoms with Gasteiger partial charge < -0.3 is 39.8 Å². The van der Waals surface area contributed by atoms with E-state index in [2.05, 4.69) is 26.6 Å². The van der Waals surface area contributed by atoms with Gasteiger partial charge in [0.2, 0.25) is 11.8 Å². The second-order valence-corrected chi connectivity index (χ2v) is 15.2. The molecule has 0 aromatic heterocycles. The van der Waals surface area contributed by atoms with Crippen molar-refractivity contribution < 1.29 is 62.7 Å². The minimum Gasteiger partial charge on any atom is -0.481 e. The van der Waals surface area contributed by atoms with Crippen molar-refractivity contribution in [2.24, 2.45) is 5.92 Å². The molecule has 0 aliphatic heterocycles. The summed E-state index contributed by atoms with van der Waals surface area (Å²) in [5.41, 5.74) is 0. The minimum absolute atomic E-state index is 0.00537. The Labute approximate surface area is 354 Å². The Morgan fingerprint density at radius 1 is 0.448 bits per heavy atom. The molecule has 0 radical (unpaired) electrons. The number of carbonyl (C=O) groups is 7. The second-order valence-electron chi connectivity index (χ2n) is 14.6. The number of hydrogen-bond donors (Lipinski definition) is 4. The number of Topliss-reactive ketones (excluding diaryl/α,β-unsaturated/α-hetero) is 3. The molecule has 0 aromatic carbocycles. The van der Waals surface area contributed by atoms with E-state index in [-0.39, 0.29) is 101 Å². The largest absolute Gasteiger partial charge is 0.481 e. The first-order valence-corrected chi connectivity index (χ1v) is 22.6. The summed E-state index contributed by atoms with van der Waals surface area (Å²) in [6.45, 7) is 2.14. The number of hydrogen-bond acceptors (Lipinski definition) is 11. The molecule has 16 heteroatoms. The van der Waals surface area contributed by atoms with Crippen LogP contribution in [-0.4, -0.2) is 123 Å². The van der Waals surface area contributed by atoms with Crippen LogP contribution in [0.1, 0.15) is 148 Å². The molecule has 0 spiro atoms. The molecule has 1 atom stereocenters. The lowest BCUT2D eigenvalue weighted by molar-refractivity contribution is -0.144. The van der Waals surface area contributed by atoms with E-state index < -0.39 is 17.9 Å². The monoisotopic (exact) mass is 892 g/mol. The molecule has 0 bridgehead atoms. The van der Waals surface area contributed by atoms with Crippen molar-refractivity contribution >= 4 is 57.0 Å². The Balaban J connectivity index is 3.65. The summed E-state index contributed by atoms with van der Waals surface area (Å²) in [6.07, 6.45) is 17.8. The van der Waals surface area contributed by atoms with E-state index in [1.165, 1.54) is 44.9 Å². The first kappa shape index (κ1) is 55.2. The van der Waals surface area contributed by atoms with E-state index >= 15 is 0 Å². The number of aliphatic carboxylic acids is 2. The third-order valence-electron chi connectivity index (χ3n) is 9.30. The van der Waals surface area contributed by atoms with Gasteiger partial charge >= 0.3 is 11.9 Å². The van der Waals surface area contributed by atoms with Gasteiger partial charge in [0.15, 0.2) is 5.78 Å². The number of alkyl halides is 1. The number of rotatable bonds is 45. The number of carboxylic acids is 2. The summed E-state index contributed by atoms with van der Waals surface area (Å²) >= 11 is 3.09. The summed E-state index contributed by atoms with van der Waals surface area (Å²) < 4.78 is 21.4. The van der Waals surface area contributed by atoms with Crippen LogP contribution in [0.25, 0.3) is 0 Å². The molecule has 0 aliphatic carbocycles. The van der Waals surface area contributed by atoms with Gasteiger partial charge in [0, 0.05) is 58.2 Å². The first-order valence-electron chi connectivity index (χ1n) is 21.4. The predicted molar refractivity (Wildman–Crippen MR) is 223 cm³/mol. The fourth-order valence-electron chi connectivity index (χ4n) is 5.93. The van der Waals surface area contributed by atoms with Gasteiger partial charge in [-0.15, -0.1) is 0 Å². The Morgan fingerprint density at radius 3 is 1.50 bits per heavy atom. The molecule has 0 aliphatic rings. The van der Waals surface area contributed by atoms with Crippen LogP contribution >= 0.6 is 15.9 Å². The van der Waals surface area contributed by atoms with Crippen LogP contribution in [0.2, 0.25) is 0 Å². The van der Waals surface area contributed by atoms with Gasteiger partial charge in [-0.3, -0.25) is 33.6 Å². The maximum Gasteiger partial charge on any atom is 0.306 e. The summed E-state index contributed by atoms with van der Waals surface area (Å²) in [7, 11) is 0. The van der Waals surface area contributed by atoms with Crippen LogP contribution < -0.4 is 10.6 Å². The third kappa shape index (κ3) is 40.0. The van der Waals surface area contributed by atoms with Crippen molar-refractivity contribution in [3.63, 3.8) is 0 Å². The van der Waals surface area contributed by atoms with Gasteiger partial charge in [-0.05, 0) is 32.1 Å². The SMILES string of the molecule is O=C(O)CCCCCCCCCCCCCCCCC(=O)CC(CCC(=O)NCCOCCOCC(=O)CCCOCCOCC(=O)NCCCC(=O)CBr)C(=O)O. The van der Waals surface area contributed by atoms with E-state index in [1.54, 1.807) is 0 Å². The van der Waals surface area contributed by atoms with Crippen molar-refractivity contribution in [3.8, 4) is 0 Å². The quantitative estimate of drug-likeness (QED) is 0.0399. The van der Waals surface area contributed by atoms with Gasteiger partial charge in [-0.2, -0.15) is 0 Å². The summed E-state index contributed by atoms with van der Waals surface area (Å²) in [6, 6.07) is 0. The van der Waals surface area contributed by atoms with E-state index in [0.717, 1.165) is 44.9 Å². The molecule has 0 rings (SSSR count). The zero-order valence-electron chi connectivity index (χ0n) is 34.9. The Kier molecular flexibility index (Phi) is 39.0. The summed E-state index contributed by atoms with van der Waals surface area (Å²) in [5, 5.41) is 23.9. The lowest BCUT2D eigenvalue weighted by Gasteiger charge is -2.12. The molecule has 1 unspecified atom stereocenters. The molecule has 0 aromatic rings. The molecule has 336 valence electrons. The highest BCUT2D eigenvalue weighted by Crippen LogP contribution is 2.17. The molecule has 15 nitrogen and oxygen atoms in total. The molecule has 2 amide bonds. The normalized spacial score (nSPS) is 11.6. The standard InChI is InChI=1S/C42H73BrN2O13/c43-32-37(47)18-15-23-44-40(50)34-58-30-27-55-25-16-19-38(48)33-57-29-28-56-26-24-45-39(49)22-21-35(42(53)54)31-36(46)17-13-11-9-7-5-3-1-2-4-6-8-10-12-14-20-41(51)52/h35H,1-34H2,(H,44,50)(H,45,49)(H,51,52)(H,53,54). The average molecular weight is 894 g/mol. The highest BCUT2D eigenvalue weighted by atomic mass is 79.9. The van der Waals surface area contributed by atoms with Crippen LogP contribution in [0.3, 0.4) is 0 Å². The molecular formula is C42H73BrN2O13. The lowest BCUT2D eigenvalue weighted by Crippen LogP contribution is -2.29. The van der Waals surface area contributed by atoms with Crippen LogP contribution in [-0.2, 0) is 52.5 Å². The molecule has 4 N–H and O–H groups in total. The fourth-order valence-corrected chi connectivity index (χ4v) is 6.21. The van der Waals surface area contributed by atoms with Crippen molar-refractivity contribution in [1.82, 2.24) is 10.6 Å². The van der Waals surface area contributed by atoms with Gasteiger partial charge in [0.1, 0.15) is 24.8 Å². The van der Waals surface area contributed by atoms with E-state index in [9.17, 15) is 38.7 Å². The smallest absolute Gasteiger partial charge is 0.306 e. The number of ketones is 3. The molecule has 0 heterocycles. The maximum absolute atomic E-state index is 12.4. The van der Waals surface area contributed by atoms with Crippen molar-refractivity contribution in [3.05, 3.63) is 0 Å². The first-order chi connectivity index (χ1) is 28.0. The third-order valence-corrected chi connectivity index (χ3v) is 9.92. The molecule has 58 heavy (non-hydrogen) atoms. The van der Waals surface area contributed by atoms with E-state index in [1.807, 2.05) is 0 Å². The van der Waals surface area contributed by atoms with Gasteiger partial charge in [0.05, 0.1) is 44.3 Å². The number of unbranched alkanes of at least 4 members (excludes halogenated alkanes) is 13. The Bertz CT molecular complexity index is 1120. The van der Waals surface area contributed by atoms with Crippen molar-refractivity contribution in [2.75, 3.05) is 71.3 Å². The zero-order chi connectivity index (χ0) is 42.9. The average Bonchev–Trinajstić information content (AvgIpc) is 3.19. The fraction of sp³-hybridized carbons (Fsp3) is 0.833. The molecule has 0 saturated carbocycles. The minimum atomic E-state index is -1.07. The van der Waals surface area contributed by atoms with Crippen LogP contribution in [0.15, 0.2) is 0 Å². The Hall–Kier alpha value is -2.79. The maximum atomic E-state index is 12.4. The molecule has 0 fully saturated rings. The van der Waals surface area contributed by atoms with E-state index in [4.69, 9.17) is 24.1 Å². The number of ether oxygens (including phenoxy) is 4. The number of nitrogens with one attached hydrogen (secondary N) is 2. The molecule has 0 saturated heterocycles. The van der Waals surface area contributed by atoms with Gasteiger partial charge in [0.25, 0.3) is 0 Å². The van der Waals surface area contributed by atoms with Gasteiger partial charge in [-0.25, -0.2) is 0 Å². The highest BCUT2D eigenvalue weighted by molar-refractivity contribution is 9.09. The van der Waals surface area contributed by atoms with Gasteiger partial charge in [-0.1, -0.05) is 93.0 Å². The van der Waals surface area contributed by atoms with Crippen LogP contribution in [0.5, 0.6) is 0 Å². The van der Waals surface area contributed by atoms with Crippen molar-refractivity contribution in [1.29, 1.82) is 0 Å².